The minimum Gasteiger partial charge on any atom is -0.316 e. The monoisotopic (exact) mass is 233 g/mol. The van der Waals surface area contributed by atoms with Crippen molar-refractivity contribution >= 4 is 12.4 Å². The molecular weight excluding hydrogens is 220 g/mol. The van der Waals surface area contributed by atoms with Gasteiger partial charge in [-0.2, -0.15) is 0 Å². The fraction of sp³-hybridized carbons (Fsp3) is 0.455. The van der Waals surface area contributed by atoms with E-state index in [1.165, 1.54) is 0 Å². The lowest BCUT2D eigenvalue weighted by atomic mass is 9.91. The zero-order chi connectivity index (χ0) is 9.97. The number of hydrogen-bond acceptors (Lipinski definition) is 1. The lowest BCUT2D eigenvalue weighted by Crippen LogP contribution is -2.28. The molecule has 0 saturated carbocycles. The zero-order valence-electron chi connectivity index (χ0n) is 8.30. The van der Waals surface area contributed by atoms with Crippen LogP contribution in [-0.2, 0) is 0 Å². The van der Waals surface area contributed by atoms with Gasteiger partial charge in [0, 0.05) is 6.54 Å². The Labute approximate surface area is 94.3 Å². The van der Waals surface area contributed by atoms with Crippen molar-refractivity contribution in [2.24, 2.45) is 0 Å². The van der Waals surface area contributed by atoms with E-state index in [1.54, 1.807) is 12.1 Å². The minimum atomic E-state index is -0.743. The fourth-order valence-corrected chi connectivity index (χ4v) is 1.95. The molecule has 0 spiro atoms. The van der Waals surface area contributed by atoms with Crippen LogP contribution in [0.5, 0.6) is 0 Å². The molecule has 1 aromatic carbocycles. The Morgan fingerprint density at radius 1 is 1.27 bits per heavy atom. The van der Waals surface area contributed by atoms with Crippen molar-refractivity contribution in [3.63, 3.8) is 0 Å². The van der Waals surface area contributed by atoms with E-state index in [0.717, 1.165) is 32.0 Å². The van der Waals surface area contributed by atoms with Gasteiger partial charge in [0.25, 0.3) is 0 Å². The van der Waals surface area contributed by atoms with Gasteiger partial charge in [-0.3, -0.25) is 0 Å². The summed E-state index contributed by atoms with van der Waals surface area (Å²) in [6, 6.07) is 4.41. The van der Waals surface area contributed by atoms with Crippen molar-refractivity contribution in [2.75, 3.05) is 13.1 Å². The highest BCUT2D eigenvalue weighted by Gasteiger charge is 2.19. The van der Waals surface area contributed by atoms with Gasteiger partial charge in [0.1, 0.15) is 0 Å². The second-order valence-corrected chi connectivity index (χ2v) is 3.69. The minimum absolute atomic E-state index is 0. The number of hydrogen-bond donors (Lipinski definition) is 1. The molecule has 0 amide bonds. The topological polar surface area (TPSA) is 12.0 Å². The summed E-state index contributed by atoms with van der Waals surface area (Å²) in [6.07, 6.45) is 1.97. The van der Waals surface area contributed by atoms with Crippen LogP contribution in [-0.4, -0.2) is 13.1 Å². The standard InChI is InChI=1S/C11H13F2N.ClH/c12-10-5-1-4-9(11(10)13)8-3-2-6-14-7-8;/h1,4-5,8,14H,2-3,6-7H2;1H. The van der Waals surface area contributed by atoms with Gasteiger partial charge in [0.2, 0.25) is 0 Å². The maximum absolute atomic E-state index is 13.4. The first-order chi connectivity index (χ1) is 6.79. The Hall–Kier alpha value is -0.670. The fourth-order valence-electron chi connectivity index (χ4n) is 1.95. The molecule has 1 aliphatic rings. The van der Waals surface area contributed by atoms with E-state index in [9.17, 15) is 8.78 Å². The summed E-state index contributed by atoms with van der Waals surface area (Å²) in [5.74, 6) is -1.30. The van der Waals surface area contributed by atoms with Crippen LogP contribution in [0.2, 0.25) is 0 Å². The van der Waals surface area contributed by atoms with Crippen LogP contribution in [0.15, 0.2) is 18.2 Å². The SMILES string of the molecule is Cl.Fc1cccc(C2CCCNC2)c1F. The first kappa shape index (κ1) is 12.4. The van der Waals surface area contributed by atoms with Crippen LogP contribution in [0.25, 0.3) is 0 Å². The maximum Gasteiger partial charge on any atom is 0.162 e. The molecule has 0 aromatic heterocycles. The highest BCUT2D eigenvalue weighted by atomic mass is 35.5. The van der Waals surface area contributed by atoms with Crippen molar-refractivity contribution in [1.82, 2.24) is 5.32 Å². The Morgan fingerprint density at radius 2 is 2.07 bits per heavy atom. The third kappa shape index (κ3) is 2.67. The van der Waals surface area contributed by atoms with E-state index in [-0.39, 0.29) is 18.3 Å². The van der Waals surface area contributed by atoms with E-state index in [0.29, 0.717) is 5.56 Å². The lowest BCUT2D eigenvalue weighted by Gasteiger charge is -2.23. The normalized spacial score (nSPS) is 20.8. The summed E-state index contributed by atoms with van der Waals surface area (Å²) in [5, 5.41) is 3.19. The molecule has 1 aromatic rings. The molecule has 1 aliphatic heterocycles. The highest BCUT2D eigenvalue weighted by Crippen LogP contribution is 2.26. The molecule has 0 aliphatic carbocycles. The van der Waals surface area contributed by atoms with E-state index in [1.807, 2.05) is 0 Å². The largest absolute Gasteiger partial charge is 0.316 e. The van der Waals surface area contributed by atoms with Gasteiger partial charge in [-0.15, -0.1) is 12.4 Å². The molecule has 1 unspecified atom stereocenters. The molecule has 1 heterocycles. The van der Waals surface area contributed by atoms with E-state index < -0.39 is 11.6 Å². The summed E-state index contributed by atoms with van der Waals surface area (Å²) in [6.45, 7) is 1.73. The molecule has 2 rings (SSSR count). The van der Waals surface area contributed by atoms with Crippen molar-refractivity contribution in [3.05, 3.63) is 35.4 Å². The summed E-state index contributed by atoms with van der Waals surface area (Å²) in [7, 11) is 0. The third-order valence-corrected chi connectivity index (χ3v) is 2.72. The molecule has 1 nitrogen and oxygen atoms in total. The number of nitrogens with one attached hydrogen (secondary N) is 1. The average molecular weight is 234 g/mol. The number of rotatable bonds is 1. The Bertz CT molecular complexity index is 324. The highest BCUT2D eigenvalue weighted by molar-refractivity contribution is 5.85. The van der Waals surface area contributed by atoms with Crippen molar-refractivity contribution < 1.29 is 8.78 Å². The molecule has 15 heavy (non-hydrogen) atoms. The van der Waals surface area contributed by atoms with Crippen molar-refractivity contribution in [3.8, 4) is 0 Å². The van der Waals surface area contributed by atoms with Crippen molar-refractivity contribution in [2.45, 2.75) is 18.8 Å². The first-order valence-corrected chi connectivity index (χ1v) is 4.93. The Morgan fingerprint density at radius 3 is 2.73 bits per heavy atom. The number of benzene rings is 1. The van der Waals surface area contributed by atoms with Gasteiger partial charge in [-0.1, -0.05) is 12.1 Å². The van der Waals surface area contributed by atoms with E-state index in [4.69, 9.17) is 0 Å². The second-order valence-electron chi connectivity index (χ2n) is 3.69. The molecule has 0 bridgehead atoms. The molecule has 84 valence electrons. The van der Waals surface area contributed by atoms with Gasteiger partial charge < -0.3 is 5.32 Å². The van der Waals surface area contributed by atoms with Crippen LogP contribution >= 0.6 is 12.4 Å². The Kier molecular flexibility index (Phi) is 4.48. The van der Waals surface area contributed by atoms with Gasteiger partial charge in [-0.25, -0.2) is 8.78 Å². The van der Waals surface area contributed by atoms with Gasteiger partial charge in [0.05, 0.1) is 0 Å². The van der Waals surface area contributed by atoms with Crippen LogP contribution in [0, 0.1) is 11.6 Å². The lowest BCUT2D eigenvalue weighted by molar-refractivity contribution is 0.431. The van der Waals surface area contributed by atoms with Crippen molar-refractivity contribution in [1.29, 1.82) is 0 Å². The molecule has 1 atom stereocenters. The predicted octanol–water partition coefficient (Wildman–Crippen LogP) is 2.85. The summed E-state index contributed by atoms with van der Waals surface area (Å²) in [4.78, 5) is 0. The smallest absolute Gasteiger partial charge is 0.162 e. The molecule has 1 saturated heterocycles. The maximum atomic E-state index is 13.4. The molecular formula is C11H14ClF2N. The molecule has 1 N–H and O–H groups in total. The van der Waals surface area contributed by atoms with Gasteiger partial charge >= 0.3 is 0 Å². The third-order valence-electron chi connectivity index (χ3n) is 2.72. The molecule has 1 fully saturated rings. The molecule has 4 heteroatoms. The van der Waals surface area contributed by atoms with Crippen LogP contribution in [0.3, 0.4) is 0 Å². The van der Waals surface area contributed by atoms with E-state index >= 15 is 0 Å². The van der Waals surface area contributed by atoms with Crippen LogP contribution in [0.4, 0.5) is 8.78 Å². The predicted molar refractivity (Wildman–Crippen MR) is 58.5 cm³/mol. The average Bonchev–Trinajstić information content (AvgIpc) is 2.23. The summed E-state index contributed by atoms with van der Waals surface area (Å²) in [5.41, 5.74) is 0.511. The zero-order valence-corrected chi connectivity index (χ0v) is 9.12. The quantitative estimate of drug-likeness (QED) is 0.787. The molecule has 0 radical (unpaired) electrons. The van der Waals surface area contributed by atoms with E-state index in [2.05, 4.69) is 5.32 Å². The summed E-state index contributed by atoms with van der Waals surface area (Å²) >= 11 is 0. The summed E-state index contributed by atoms with van der Waals surface area (Å²) < 4.78 is 26.3. The first-order valence-electron chi connectivity index (χ1n) is 4.93. The van der Waals surface area contributed by atoms with Gasteiger partial charge in [0.15, 0.2) is 11.6 Å². The number of halogens is 3. The second kappa shape index (κ2) is 5.42. The number of piperidine rings is 1. The van der Waals surface area contributed by atoms with Crippen LogP contribution < -0.4 is 5.32 Å². The van der Waals surface area contributed by atoms with Crippen LogP contribution in [0.1, 0.15) is 24.3 Å². The Balaban J connectivity index is 0.00000112. The van der Waals surface area contributed by atoms with Gasteiger partial charge in [-0.05, 0) is 36.9 Å².